The van der Waals surface area contributed by atoms with Crippen molar-refractivity contribution in [2.75, 3.05) is 6.61 Å². The molecule has 0 amide bonds. The summed E-state index contributed by atoms with van der Waals surface area (Å²) in [7, 11) is 0. The molecule has 0 atom stereocenters. The molecular weight excluding hydrogens is 451 g/mol. The summed E-state index contributed by atoms with van der Waals surface area (Å²) in [5.74, 6) is -1.12. The van der Waals surface area contributed by atoms with Crippen LogP contribution in [-0.4, -0.2) is 27.7 Å². The first-order valence-corrected chi connectivity index (χ1v) is 10.0. The summed E-state index contributed by atoms with van der Waals surface area (Å²) in [5, 5.41) is 0. The van der Waals surface area contributed by atoms with E-state index in [4.69, 9.17) is 4.74 Å². The average molecular weight is 467 g/mol. The average Bonchev–Trinajstić information content (AvgIpc) is 3.13. The summed E-state index contributed by atoms with van der Waals surface area (Å²) in [6.07, 6.45) is 1.49. The molecule has 4 aromatic rings. The van der Waals surface area contributed by atoms with Crippen LogP contribution < -0.4 is 0 Å². The summed E-state index contributed by atoms with van der Waals surface area (Å²) < 4.78 is 20.9. The lowest BCUT2D eigenvalue weighted by molar-refractivity contribution is 0.0529. The summed E-state index contributed by atoms with van der Waals surface area (Å²) in [4.78, 5) is 30.1. The third-order valence-corrected chi connectivity index (χ3v) is 5.16. The number of rotatable bonds is 5. The van der Waals surface area contributed by atoms with Crippen molar-refractivity contribution >= 4 is 33.2 Å². The lowest BCUT2D eigenvalue weighted by atomic mass is 10.1. The Morgan fingerprint density at radius 3 is 2.43 bits per heavy atom. The van der Waals surface area contributed by atoms with Gasteiger partial charge in [0.05, 0.1) is 29.1 Å². The largest absolute Gasteiger partial charge is 0.462 e. The molecule has 150 valence electrons. The summed E-state index contributed by atoms with van der Waals surface area (Å²) in [6, 6.07) is 16.1. The van der Waals surface area contributed by atoms with E-state index in [9.17, 15) is 14.0 Å². The Bertz CT molecular complexity index is 1250. The lowest BCUT2D eigenvalue weighted by Crippen LogP contribution is -2.05. The fraction of sp³-hybridized carbons (Fsp3) is 0.0870. The molecule has 5 nitrogen and oxygen atoms in total. The van der Waals surface area contributed by atoms with Gasteiger partial charge < -0.3 is 4.74 Å². The maximum absolute atomic E-state index is 13.3. The molecule has 0 radical (unpaired) electrons. The molecule has 0 spiro atoms. The fourth-order valence-corrected chi connectivity index (χ4v) is 3.44. The van der Waals surface area contributed by atoms with Crippen LogP contribution >= 0.6 is 15.9 Å². The van der Waals surface area contributed by atoms with Gasteiger partial charge in [-0.15, -0.1) is 0 Å². The van der Waals surface area contributed by atoms with Crippen LogP contribution in [0.2, 0.25) is 0 Å². The number of nitrogens with zero attached hydrogens (tertiary/aromatic N) is 2. The molecule has 30 heavy (non-hydrogen) atoms. The highest BCUT2D eigenvalue weighted by atomic mass is 79.9. The number of benzene rings is 2. The predicted molar refractivity (Wildman–Crippen MR) is 114 cm³/mol. The van der Waals surface area contributed by atoms with Crippen LogP contribution in [-0.2, 0) is 4.74 Å². The third kappa shape index (κ3) is 3.76. The molecule has 0 bridgehead atoms. The van der Waals surface area contributed by atoms with E-state index in [1.165, 1.54) is 24.5 Å². The van der Waals surface area contributed by atoms with Crippen LogP contribution in [0, 0.1) is 5.82 Å². The van der Waals surface area contributed by atoms with Crippen LogP contribution in [0.25, 0.3) is 16.8 Å². The Morgan fingerprint density at radius 2 is 1.77 bits per heavy atom. The number of carbonyl (C=O) groups excluding carboxylic acids is 2. The third-order valence-electron chi connectivity index (χ3n) is 4.64. The quantitative estimate of drug-likeness (QED) is 0.295. The first-order valence-electron chi connectivity index (χ1n) is 9.22. The molecular formula is C23H16BrFN2O3. The molecule has 4 rings (SSSR count). The van der Waals surface area contributed by atoms with Gasteiger partial charge in [-0.25, -0.2) is 14.2 Å². The Hall–Kier alpha value is -3.32. The van der Waals surface area contributed by atoms with E-state index < -0.39 is 5.97 Å². The van der Waals surface area contributed by atoms with Gasteiger partial charge in [-0.3, -0.25) is 9.20 Å². The van der Waals surface area contributed by atoms with Crippen molar-refractivity contribution in [2.45, 2.75) is 6.92 Å². The monoisotopic (exact) mass is 466 g/mol. The number of fused-ring (bicyclic) bond motifs is 1. The van der Waals surface area contributed by atoms with Gasteiger partial charge in [0, 0.05) is 15.6 Å². The second-order valence-electron chi connectivity index (χ2n) is 6.54. The molecule has 0 aliphatic heterocycles. The number of carbonyl (C=O) groups is 2. The molecule has 0 unspecified atom stereocenters. The van der Waals surface area contributed by atoms with E-state index in [-0.39, 0.29) is 23.8 Å². The van der Waals surface area contributed by atoms with E-state index in [2.05, 4.69) is 20.9 Å². The zero-order valence-electron chi connectivity index (χ0n) is 15.9. The van der Waals surface area contributed by atoms with Crippen LogP contribution in [0.3, 0.4) is 0 Å². The van der Waals surface area contributed by atoms with Crippen molar-refractivity contribution in [1.82, 2.24) is 9.38 Å². The van der Waals surface area contributed by atoms with Crippen molar-refractivity contribution < 1.29 is 18.7 Å². The van der Waals surface area contributed by atoms with Crippen molar-refractivity contribution in [1.29, 1.82) is 0 Å². The maximum atomic E-state index is 13.3. The predicted octanol–water partition coefficient (Wildman–Crippen LogP) is 5.31. The van der Waals surface area contributed by atoms with Gasteiger partial charge in [-0.05, 0) is 67.6 Å². The van der Waals surface area contributed by atoms with Gasteiger partial charge in [0.25, 0.3) is 0 Å². The Kier molecular flexibility index (Phi) is 5.46. The molecule has 2 aromatic heterocycles. The van der Waals surface area contributed by atoms with Crippen molar-refractivity contribution in [3.05, 3.63) is 94.1 Å². The van der Waals surface area contributed by atoms with Crippen LogP contribution in [0.5, 0.6) is 0 Å². The number of halogens is 2. The molecule has 2 aromatic carbocycles. The van der Waals surface area contributed by atoms with Crippen LogP contribution in [0.1, 0.15) is 33.3 Å². The highest BCUT2D eigenvalue weighted by Crippen LogP contribution is 2.25. The van der Waals surface area contributed by atoms with Gasteiger partial charge in [-0.1, -0.05) is 15.9 Å². The van der Waals surface area contributed by atoms with Crippen LogP contribution in [0.4, 0.5) is 4.39 Å². The second-order valence-corrected chi connectivity index (χ2v) is 7.45. The summed E-state index contributed by atoms with van der Waals surface area (Å²) in [6.45, 7) is 1.93. The van der Waals surface area contributed by atoms with Crippen molar-refractivity contribution in [3.8, 4) is 11.3 Å². The Balaban J connectivity index is 1.87. The smallest absolute Gasteiger partial charge is 0.340 e. The minimum Gasteiger partial charge on any atom is -0.462 e. The minimum atomic E-state index is -0.527. The maximum Gasteiger partial charge on any atom is 0.340 e. The topological polar surface area (TPSA) is 60.7 Å². The van der Waals surface area contributed by atoms with Gasteiger partial charge in [0.2, 0.25) is 5.78 Å². The van der Waals surface area contributed by atoms with Gasteiger partial charge in [0.15, 0.2) is 0 Å². The Morgan fingerprint density at radius 1 is 1.07 bits per heavy atom. The fourth-order valence-electron chi connectivity index (χ4n) is 3.17. The number of hydrogen-bond donors (Lipinski definition) is 0. The van der Waals surface area contributed by atoms with Gasteiger partial charge in [0.1, 0.15) is 12.1 Å². The molecule has 0 aliphatic rings. The number of ketones is 1. The van der Waals surface area contributed by atoms with E-state index >= 15 is 0 Å². The Labute approximate surface area is 180 Å². The van der Waals surface area contributed by atoms with Crippen molar-refractivity contribution in [3.63, 3.8) is 0 Å². The molecule has 0 saturated carbocycles. The highest BCUT2D eigenvalue weighted by Gasteiger charge is 2.22. The number of hydrogen-bond acceptors (Lipinski definition) is 4. The highest BCUT2D eigenvalue weighted by molar-refractivity contribution is 9.10. The second kappa shape index (κ2) is 8.20. The molecule has 0 aliphatic carbocycles. The molecule has 2 heterocycles. The molecule has 0 N–H and O–H groups in total. The van der Waals surface area contributed by atoms with Crippen LogP contribution in [0.15, 0.2) is 71.5 Å². The van der Waals surface area contributed by atoms with E-state index in [1.54, 1.807) is 53.8 Å². The van der Waals surface area contributed by atoms with Gasteiger partial charge >= 0.3 is 5.97 Å². The van der Waals surface area contributed by atoms with E-state index in [1.807, 2.05) is 0 Å². The SMILES string of the molecule is CCOC(=O)c1cc(C(=O)c2ccc(Br)cc2)n2cnc(-c3ccc(F)cc3)cc12. The standard InChI is InChI=1S/C23H16BrFN2O3/c1-2-30-23(29)18-11-21(22(28)15-3-7-16(24)8-4-15)27-13-26-19(12-20(18)27)14-5-9-17(25)10-6-14/h3-13H,2H2,1H3. The zero-order valence-corrected chi connectivity index (χ0v) is 17.5. The first kappa shape index (κ1) is 20.0. The number of aromatic nitrogens is 2. The van der Waals surface area contributed by atoms with Crippen molar-refractivity contribution in [2.24, 2.45) is 0 Å². The molecule has 0 fully saturated rings. The normalized spacial score (nSPS) is 10.9. The molecule has 0 saturated heterocycles. The minimum absolute atomic E-state index is 0.210. The lowest BCUT2D eigenvalue weighted by Gasteiger charge is -2.06. The van der Waals surface area contributed by atoms with E-state index in [0.29, 0.717) is 28.0 Å². The first-order chi connectivity index (χ1) is 14.5. The number of ether oxygens (including phenoxy) is 1. The zero-order chi connectivity index (χ0) is 21.3. The van der Waals surface area contributed by atoms with E-state index in [0.717, 1.165) is 4.47 Å². The number of esters is 1. The van der Waals surface area contributed by atoms with Gasteiger partial charge in [-0.2, -0.15) is 0 Å². The summed E-state index contributed by atoms with van der Waals surface area (Å²) in [5.41, 5.74) is 2.78. The molecule has 7 heteroatoms. The summed E-state index contributed by atoms with van der Waals surface area (Å²) >= 11 is 3.35.